The second kappa shape index (κ2) is 5.79. The maximum absolute atomic E-state index is 5.86. The summed E-state index contributed by atoms with van der Waals surface area (Å²) in [5.74, 6) is 8.28. The molecule has 3 rings (SSSR count). The van der Waals surface area contributed by atoms with Crippen LogP contribution in [0.1, 0.15) is 11.7 Å². The number of aryl methyl sites for hydroxylation is 1. The highest BCUT2D eigenvalue weighted by Gasteiger charge is 2.10. The Balaban J connectivity index is 1.70. The van der Waals surface area contributed by atoms with Crippen LogP contribution < -0.4 is 5.84 Å². The number of nitrogens with zero attached hydrogens (tertiary/aromatic N) is 4. The Morgan fingerprint density at radius 3 is 2.71 bits per heavy atom. The van der Waals surface area contributed by atoms with Crippen LogP contribution in [0.15, 0.2) is 40.0 Å². The van der Waals surface area contributed by atoms with Crippen molar-refractivity contribution in [3.05, 3.63) is 47.2 Å². The third-order valence-corrected chi connectivity index (χ3v) is 4.02. The van der Waals surface area contributed by atoms with E-state index in [2.05, 4.69) is 15.2 Å². The Morgan fingerprint density at radius 2 is 2.05 bits per heavy atom. The molecule has 0 amide bonds. The number of hydrogen-bond acceptors (Lipinski definition) is 6. The SMILES string of the molecule is Cc1nnc(SCc2ncc(-c3ccc(Cl)cc3)o2)n1N. The molecular weight excluding hydrogens is 310 g/mol. The van der Waals surface area contributed by atoms with Crippen LogP contribution in [0.5, 0.6) is 0 Å². The summed E-state index contributed by atoms with van der Waals surface area (Å²) < 4.78 is 7.14. The standard InChI is InChI=1S/C13H12ClN5OS/c1-8-17-18-13(19(8)15)21-7-12-16-6-11(20-12)9-2-4-10(14)5-3-9/h2-6H,7,15H2,1H3. The van der Waals surface area contributed by atoms with Crippen molar-refractivity contribution in [1.29, 1.82) is 0 Å². The second-order valence-corrected chi connectivity index (χ2v) is 5.69. The summed E-state index contributed by atoms with van der Waals surface area (Å²) in [6.07, 6.45) is 1.69. The smallest absolute Gasteiger partial charge is 0.210 e. The van der Waals surface area contributed by atoms with Gasteiger partial charge in [-0.05, 0) is 31.2 Å². The zero-order chi connectivity index (χ0) is 14.8. The van der Waals surface area contributed by atoms with Gasteiger partial charge in [0.15, 0.2) is 5.76 Å². The van der Waals surface area contributed by atoms with Gasteiger partial charge in [-0.25, -0.2) is 9.66 Å². The number of nitrogens with two attached hydrogens (primary N) is 1. The molecule has 0 atom stereocenters. The monoisotopic (exact) mass is 321 g/mol. The van der Waals surface area contributed by atoms with E-state index < -0.39 is 0 Å². The molecule has 0 fully saturated rings. The van der Waals surface area contributed by atoms with E-state index >= 15 is 0 Å². The summed E-state index contributed by atoms with van der Waals surface area (Å²) in [6, 6.07) is 7.40. The van der Waals surface area contributed by atoms with Crippen LogP contribution in [0.2, 0.25) is 5.02 Å². The zero-order valence-electron chi connectivity index (χ0n) is 11.2. The molecule has 0 aliphatic rings. The maximum Gasteiger partial charge on any atom is 0.210 e. The summed E-state index contributed by atoms with van der Waals surface area (Å²) in [6.45, 7) is 1.79. The van der Waals surface area contributed by atoms with Crippen LogP contribution in [-0.4, -0.2) is 19.9 Å². The summed E-state index contributed by atoms with van der Waals surface area (Å²) >= 11 is 7.28. The summed E-state index contributed by atoms with van der Waals surface area (Å²) in [7, 11) is 0. The van der Waals surface area contributed by atoms with Crippen LogP contribution in [0, 0.1) is 6.92 Å². The van der Waals surface area contributed by atoms with E-state index in [0.29, 0.717) is 33.4 Å². The molecule has 2 heterocycles. The first-order valence-corrected chi connectivity index (χ1v) is 7.50. The number of halogens is 1. The zero-order valence-corrected chi connectivity index (χ0v) is 12.7. The van der Waals surface area contributed by atoms with Crippen LogP contribution in [0.3, 0.4) is 0 Å². The van der Waals surface area contributed by atoms with E-state index in [-0.39, 0.29) is 0 Å². The number of nitrogen functional groups attached to an aromatic ring is 1. The number of rotatable bonds is 4. The molecular formula is C13H12ClN5OS. The fourth-order valence-electron chi connectivity index (χ4n) is 1.70. The molecule has 21 heavy (non-hydrogen) atoms. The Morgan fingerprint density at radius 1 is 1.29 bits per heavy atom. The normalized spacial score (nSPS) is 11.0. The van der Waals surface area contributed by atoms with Gasteiger partial charge < -0.3 is 10.3 Å². The van der Waals surface area contributed by atoms with E-state index in [9.17, 15) is 0 Å². The van der Waals surface area contributed by atoms with Crippen LogP contribution in [-0.2, 0) is 5.75 Å². The molecule has 0 radical (unpaired) electrons. The van der Waals surface area contributed by atoms with Gasteiger partial charge in [0.05, 0.1) is 11.9 Å². The Hall–Kier alpha value is -1.99. The average molecular weight is 322 g/mol. The number of hydrogen-bond donors (Lipinski definition) is 1. The minimum Gasteiger partial charge on any atom is -0.440 e. The molecule has 0 spiro atoms. The largest absolute Gasteiger partial charge is 0.440 e. The van der Waals surface area contributed by atoms with Crippen molar-refractivity contribution in [3.63, 3.8) is 0 Å². The molecule has 0 bridgehead atoms. The molecule has 6 nitrogen and oxygen atoms in total. The van der Waals surface area contributed by atoms with Gasteiger partial charge in [-0.2, -0.15) is 0 Å². The lowest BCUT2D eigenvalue weighted by molar-refractivity contribution is 0.529. The van der Waals surface area contributed by atoms with E-state index in [4.69, 9.17) is 21.9 Å². The molecule has 0 aliphatic heterocycles. The molecule has 0 saturated heterocycles. The van der Waals surface area contributed by atoms with Gasteiger partial charge in [0.2, 0.25) is 11.0 Å². The molecule has 0 unspecified atom stereocenters. The topological polar surface area (TPSA) is 82.8 Å². The van der Waals surface area contributed by atoms with Crippen molar-refractivity contribution in [3.8, 4) is 11.3 Å². The number of thioether (sulfide) groups is 1. The maximum atomic E-state index is 5.86. The molecule has 0 aliphatic carbocycles. The van der Waals surface area contributed by atoms with Crippen molar-refractivity contribution >= 4 is 23.4 Å². The van der Waals surface area contributed by atoms with Crippen LogP contribution in [0.4, 0.5) is 0 Å². The number of oxazole rings is 1. The lowest BCUT2D eigenvalue weighted by Gasteiger charge is -1.99. The van der Waals surface area contributed by atoms with Crippen LogP contribution in [0.25, 0.3) is 11.3 Å². The fraction of sp³-hybridized carbons (Fsp3) is 0.154. The Kier molecular flexibility index (Phi) is 3.85. The van der Waals surface area contributed by atoms with Gasteiger partial charge >= 0.3 is 0 Å². The second-order valence-electron chi connectivity index (χ2n) is 4.31. The van der Waals surface area contributed by atoms with E-state index in [1.807, 2.05) is 24.3 Å². The van der Waals surface area contributed by atoms with Gasteiger partial charge in [-0.15, -0.1) is 10.2 Å². The van der Waals surface area contributed by atoms with Gasteiger partial charge in [0, 0.05) is 10.6 Å². The lowest BCUT2D eigenvalue weighted by Crippen LogP contribution is -2.11. The minimum absolute atomic E-state index is 0.531. The Labute approximate surface area is 130 Å². The van der Waals surface area contributed by atoms with E-state index in [1.54, 1.807) is 13.1 Å². The van der Waals surface area contributed by atoms with E-state index in [0.717, 1.165) is 5.56 Å². The number of benzene rings is 1. The summed E-state index contributed by atoms with van der Waals surface area (Å²) in [5, 5.41) is 9.18. The first-order valence-electron chi connectivity index (χ1n) is 6.14. The van der Waals surface area contributed by atoms with Crippen molar-refractivity contribution < 1.29 is 4.42 Å². The predicted octanol–water partition coefficient (Wildman–Crippen LogP) is 2.90. The van der Waals surface area contributed by atoms with Gasteiger partial charge in [0.1, 0.15) is 5.82 Å². The first kappa shape index (κ1) is 14.0. The third kappa shape index (κ3) is 3.03. The molecule has 0 saturated carbocycles. The van der Waals surface area contributed by atoms with Gasteiger partial charge in [0.25, 0.3) is 0 Å². The highest BCUT2D eigenvalue weighted by molar-refractivity contribution is 7.98. The van der Waals surface area contributed by atoms with Crippen molar-refractivity contribution in [2.75, 3.05) is 5.84 Å². The van der Waals surface area contributed by atoms with E-state index in [1.165, 1.54) is 16.4 Å². The average Bonchev–Trinajstić information content (AvgIpc) is 3.07. The Bertz CT molecular complexity index is 752. The highest BCUT2D eigenvalue weighted by Crippen LogP contribution is 2.25. The first-order chi connectivity index (χ1) is 10.1. The fourth-order valence-corrected chi connectivity index (χ4v) is 2.58. The molecule has 8 heteroatoms. The van der Waals surface area contributed by atoms with Crippen molar-refractivity contribution in [1.82, 2.24) is 19.9 Å². The predicted molar refractivity (Wildman–Crippen MR) is 81.4 cm³/mol. The number of aromatic nitrogens is 4. The molecule has 1 aromatic carbocycles. The highest BCUT2D eigenvalue weighted by atomic mass is 35.5. The quantitative estimate of drug-likeness (QED) is 0.587. The van der Waals surface area contributed by atoms with Crippen molar-refractivity contribution in [2.24, 2.45) is 0 Å². The van der Waals surface area contributed by atoms with Gasteiger partial charge in [-0.3, -0.25) is 0 Å². The van der Waals surface area contributed by atoms with Crippen molar-refractivity contribution in [2.45, 2.75) is 17.8 Å². The molecule has 2 aromatic heterocycles. The minimum atomic E-state index is 0.531. The molecule has 108 valence electrons. The lowest BCUT2D eigenvalue weighted by atomic mass is 10.2. The molecule has 3 aromatic rings. The van der Waals surface area contributed by atoms with Crippen LogP contribution >= 0.6 is 23.4 Å². The third-order valence-electron chi connectivity index (χ3n) is 2.84. The molecule has 2 N–H and O–H groups in total. The summed E-state index contributed by atoms with van der Waals surface area (Å²) in [4.78, 5) is 4.25. The van der Waals surface area contributed by atoms with Gasteiger partial charge in [-0.1, -0.05) is 23.4 Å². The summed E-state index contributed by atoms with van der Waals surface area (Å²) in [5.41, 5.74) is 0.931.